The molecule has 0 spiro atoms. The third-order valence-electron chi connectivity index (χ3n) is 5.53. The fraction of sp³-hybridized carbons (Fsp3) is 0.440. The fourth-order valence-electron chi connectivity index (χ4n) is 3.70. The second kappa shape index (κ2) is 12.4. The molecule has 0 aliphatic heterocycles. The van der Waals surface area contributed by atoms with Gasteiger partial charge in [0, 0.05) is 32.3 Å². The van der Waals surface area contributed by atoms with Crippen LogP contribution < -0.4 is 9.54 Å². The minimum atomic E-state index is -3.61. The van der Waals surface area contributed by atoms with Crippen molar-refractivity contribution in [2.75, 3.05) is 33.4 Å². The van der Waals surface area contributed by atoms with E-state index in [9.17, 15) is 13.2 Å². The lowest BCUT2D eigenvalue weighted by Gasteiger charge is -2.20. The number of hydrogen-bond acceptors (Lipinski definition) is 6. The van der Waals surface area contributed by atoms with Gasteiger partial charge in [0.05, 0.1) is 22.8 Å². The molecular formula is C25H33N3O5S2. The van der Waals surface area contributed by atoms with E-state index in [2.05, 4.69) is 4.99 Å². The van der Waals surface area contributed by atoms with Gasteiger partial charge in [0.2, 0.25) is 10.0 Å². The van der Waals surface area contributed by atoms with Crippen molar-refractivity contribution >= 4 is 37.5 Å². The summed E-state index contributed by atoms with van der Waals surface area (Å²) in [4.78, 5) is 18.1. The molecule has 0 radical (unpaired) electrons. The average molecular weight is 520 g/mol. The molecule has 0 aliphatic carbocycles. The summed E-state index contributed by atoms with van der Waals surface area (Å²) in [6.45, 7) is 8.13. The van der Waals surface area contributed by atoms with Crippen molar-refractivity contribution in [3.8, 4) is 5.75 Å². The number of rotatable bonds is 12. The summed E-state index contributed by atoms with van der Waals surface area (Å²) in [5.74, 6) is 0.285. The minimum Gasteiger partial charge on any atom is -0.492 e. The number of aromatic nitrogens is 1. The molecule has 1 aromatic heterocycles. The van der Waals surface area contributed by atoms with Crippen LogP contribution in [0.15, 0.2) is 52.4 Å². The molecule has 3 aromatic rings. The number of unbranched alkanes of at least 4 members (excludes halogenated alkanes) is 1. The Hall–Kier alpha value is -2.53. The minimum absolute atomic E-state index is 0.172. The fourth-order valence-corrected chi connectivity index (χ4v) is 6.26. The van der Waals surface area contributed by atoms with Gasteiger partial charge in [-0.2, -0.15) is 9.30 Å². The summed E-state index contributed by atoms with van der Waals surface area (Å²) in [5.41, 5.74) is 1.19. The number of ether oxygens (including phenoxy) is 2. The summed E-state index contributed by atoms with van der Waals surface area (Å²) < 4.78 is 41.3. The normalized spacial score (nSPS) is 12.5. The molecule has 0 fully saturated rings. The van der Waals surface area contributed by atoms with E-state index in [1.54, 1.807) is 7.11 Å². The number of sulfonamides is 1. The number of methoxy groups -OCH3 is 1. The molecular weight excluding hydrogens is 486 g/mol. The van der Waals surface area contributed by atoms with Crippen molar-refractivity contribution in [3.05, 3.63) is 52.8 Å². The molecule has 0 N–H and O–H groups in total. The van der Waals surface area contributed by atoms with Crippen molar-refractivity contribution in [3.63, 3.8) is 0 Å². The van der Waals surface area contributed by atoms with Gasteiger partial charge in [-0.15, -0.1) is 0 Å². The Balaban J connectivity index is 1.97. The summed E-state index contributed by atoms with van der Waals surface area (Å²) in [6.07, 6.45) is 1.71. The number of amides is 1. The lowest BCUT2D eigenvalue weighted by atomic mass is 10.2. The van der Waals surface area contributed by atoms with Crippen molar-refractivity contribution in [2.24, 2.45) is 4.99 Å². The van der Waals surface area contributed by atoms with E-state index in [0.717, 1.165) is 28.8 Å². The highest BCUT2D eigenvalue weighted by Crippen LogP contribution is 2.27. The highest BCUT2D eigenvalue weighted by atomic mass is 32.2. The van der Waals surface area contributed by atoms with Crippen LogP contribution in [0.4, 0.5) is 0 Å². The largest absolute Gasteiger partial charge is 0.492 e. The lowest BCUT2D eigenvalue weighted by Crippen LogP contribution is -2.31. The van der Waals surface area contributed by atoms with E-state index in [1.807, 2.05) is 43.5 Å². The Morgan fingerprint density at radius 1 is 1.11 bits per heavy atom. The number of hydrogen-bond donors (Lipinski definition) is 0. The maximum atomic E-state index is 13.0. The predicted molar refractivity (Wildman–Crippen MR) is 139 cm³/mol. The van der Waals surface area contributed by atoms with Gasteiger partial charge in [0.1, 0.15) is 11.3 Å². The lowest BCUT2D eigenvalue weighted by molar-refractivity contribution is 0.0997. The smallest absolute Gasteiger partial charge is 0.279 e. The molecule has 10 heteroatoms. The Kier molecular flexibility index (Phi) is 9.62. The number of thiazole rings is 1. The van der Waals surface area contributed by atoms with Crippen molar-refractivity contribution in [1.29, 1.82) is 0 Å². The van der Waals surface area contributed by atoms with Gasteiger partial charge in [-0.3, -0.25) is 4.79 Å². The number of benzene rings is 2. The topological polar surface area (TPSA) is 90.2 Å². The maximum absolute atomic E-state index is 13.0. The molecule has 1 heterocycles. The van der Waals surface area contributed by atoms with Crippen molar-refractivity contribution in [1.82, 2.24) is 8.87 Å². The Bertz CT molecular complexity index is 1310. The molecule has 2 aromatic carbocycles. The number of para-hydroxylation sites is 1. The van der Waals surface area contributed by atoms with Crippen LogP contribution in [0.25, 0.3) is 10.2 Å². The number of nitrogens with zero attached hydrogens (tertiary/aromatic N) is 3. The second-order valence-electron chi connectivity index (χ2n) is 7.86. The molecule has 8 nitrogen and oxygen atoms in total. The zero-order chi connectivity index (χ0) is 25.4. The van der Waals surface area contributed by atoms with Crippen LogP contribution in [-0.2, 0) is 21.3 Å². The molecule has 0 atom stereocenters. The van der Waals surface area contributed by atoms with Crippen LogP contribution in [0.5, 0.6) is 5.75 Å². The molecule has 35 heavy (non-hydrogen) atoms. The van der Waals surface area contributed by atoms with E-state index in [0.29, 0.717) is 43.2 Å². The summed E-state index contributed by atoms with van der Waals surface area (Å²) in [6, 6.07) is 11.8. The number of carbonyl (C=O) groups excluding carboxylic acids is 1. The van der Waals surface area contributed by atoms with E-state index < -0.39 is 15.9 Å². The van der Waals surface area contributed by atoms with E-state index in [4.69, 9.17) is 9.47 Å². The van der Waals surface area contributed by atoms with E-state index >= 15 is 0 Å². The first-order valence-corrected chi connectivity index (χ1v) is 14.1. The van der Waals surface area contributed by atoms with Gasteiger partial charge in [-0.1, -0.05) is 37.7 Å². The molecule has 0 saturated carbocycles. The van der Waals surface area contributed by atoms with Gasteiger partial charge in [0.15, 0.2) is 4.80 Å². The van der Waals surface area contributed by atoms with E-state index in [1.165, 1.54) is 39.9 Å². The van der Waals surface area contributed by atoms with Crippen LogP contribution in [0.1, 0.15) is 44.0 Å². The van der Waals surface area contributed by atoms with Crippen LogP contribution in [0.2, 0.25) is 0 Å². The van der Waals surface area contributed by atoms with Crippen molar-refractivity contribution in [2.45, 2.75) is 45.1 Å². The van der Waals surface area contributed by atoms with Gasteiger partial charge < -0.3 is 14.0 Å². The van der Waals surface area contributed by atoms with Gasteiger partial charge in [0.25, 0.3) is 5.91 Å². The first-order chi connectivity index (χ1) is 16.9. The zero-order valence-electron chi connectivity index (χ0n) is 20.7. The van der Waals surface area contributed by atoms with E-state index in [-0.39, 0.29) is 4.90 Å². The maximum Gasteiger partial charge on any atom is 0.279 e. The van der Waals surface area contributed by atoms with Gasteiger partial charge in [-0.25, -0.2) is 8.42 Å². The monoisotopic (exact) mass is 519 g/mol. The average Bonchev–Trinajstić information content (AvgIpc) is 3.21. The summed E-state index contributed by atoms with van der Waals surface area (Å²) >= 11 is 1.40. The molecule has 0 unspecified atom stereocenters. The Morgan fingerprint density at radius 3 is 2.49 bits per heavy atom. The quantitative estimate of drug-likeness (QED) is 0.356. The molecule has 1 amide bonds. The van der Waals surface area contributed by atoms with Crippen LogP contribution in [0.3, 0.4) is 0 Å². The Labute approximate surface area is 210 Å². The summed E-state index contributed by atoms with van der Waals surface area (Å²) in [7, 11) is -1.98. The molecule has 0 bridgehead atoms. The van der Waals surface area contributed by atoms with Crippen LogP contribution in [0, 0.1) is 0 Å². The number of fused-ring (bicyclic) bond motifs is 1. The zero-order valence-corrected chi connectivity index (χ0v) is 22.3. The molecule has 0 saturated heterocycles. The predicted octanol–water partition coefficient (Wildman–Crippen LogP) is 4.30. The van der Waals surface area contributed by atoms with Gasteiger partial charge in [-0.05, 0) is 49.7 Å². The first-order valence-electron chi connectivity index (χ1n) is 11.8. The van der Waals surface area contributed by atoms with Crippen molar-refractivity contribution < 1.29 is 22.7 Å². The summed E-state index contributed by atoms with van der Waals surface area (Å²) in [5, 5.41) is 0. The first kappa shape index (κ1) is 27.1. The molecule has 3 rings (SSSR count). The highest BCUT2D eigenvalue weighted by molar-refractivity contribution is 7.89. The standard InChI is InChI=1S/C25H33N3O5S2/c1-5-8-16-27(6-2)35(30,31)20-14-12-19(13-15-20)24(29)26-25-28(17-18-32-4)23-21(33-7-3)10-9-11-22(23)34-25/h9-15H,5-8,16-18H2,1-4H3. The SMILES string of the molecule is CCCCN(CC)S(=O)(=O)c1ccc(C(=O)N=c2sc3cccc(OCC)c3n2CCOC)cc1. The third kappa shape index (κ3) is 6.19. The molecule has 190 valence electrons. The van der Waals surface area contributed by atoms with Gasteiger partial charge >= 0.3 is 0 Å². The second-order valence-corrected chi connectivity index (χ2v) is 10.8. The third-order valence-corrected chi connectivity index (χ3v) is 8.57. The number of carbonyl (C=O) groups is 1. The van der Waals surface area contributed by atoms with Crippen LogP contribution >= 0.6 is 11.3 Å². The van der Waals surface area contributed by atoms with Crippen LogP contribution in [-0.4, -0.2) is 56.6 Å². The molecule has 0 aliphatic rings. The Morgan fingerprint density at radius 2 is 1.86 bits per heavy atom. The highest BCUT2D eigenvalue weighted by Gasteiger charge is 2.23.